The Labute approximate surface area is 163 Å². The predicted molar refractivity (Wildman–Crippen MR) is 107 cm³/mol. The molecule has 0 saturated heterocycles. The molecule has 3 aromatic rings. The highest BCUT2D eigenvalue weighted by molar-refractivity contribution is 5.81. The third-order valence-corrected chi connectivity index (χ3v) is 4.31. The van der Waals surface area contributed by atoms with Gasteiger partial charge >= 0.3 is 0 Å². The Morgan fingerprint density at radius 2 is 1.75 bits per heavy atom. The first-order valence-corrected chi connectivity index (χ1v) is 9.18. The van der Waals surface area contributed by atoms with Crippen LogP contribution in [-0.4, -0.2) is 41.6 Å². The van der Waals surface area contributed by atoms with Gasteiger partial charge in [-0.3, -0.25) is 9.59 Å². The van der Waals surface area contributed by atoms with E-state index in [2.05, 4.69) is 15.6 Å². The summed E-state index contributed by atoms with van der Waals surface area (Å²) < 4.78 is 6.71. The first-order chi connectivity index (χ1) is 13.7. The zero-order valence-corrected chi connectivity index (χ0v) is 15.9. The maximum Gasteiger partial charge on any atom is 0.245 e. The summed E-state index contributed by atoms with van der Waals surface area (Å²) >= 11 is 0. The van der Waals surface area contributed by atoms with Crippen LogP contribution in [0.25, 0.3) is 11.0 Å². The van der Waals surface area contributed by atoms with Crippen LogP contribution in [0.3, 0.4) is 0 Å². The van der Waals surface area contributed by atoms with Gasteiger partial charge in [0.1, 0.15) is 19.0 Å². The average molecular weight is 380 g/mol. The minimum absolute atomic E-state index is 0.0261. The summed E-state index contributed by atoms with van der Waals surface area (Å²) in [5, 5.41) is 5.73. The van der Waals surface area contributed by atoms with Crippen LogP contribution in [0.5, 0.6) is 0 Å². The van der Waals surface area contributed by atoms with E-state index < -0.39 is 0 Å². The van der Waals surface area contributed by atoms with E-state index in [1.807, 2.05) is 59.2 Å². The van der Waals surface area contributed by atoms with Crippen LogP contribution < -0.4 is 10.6 Å². The highest BCUT2D eigenvalue weighted by Gasteiger charge is 2.13. The number of carbonyl (C=O) groups is 2. The molecule has 0 saturated carbocycles. The summed E-state index contributed by atoms with van der Waals surface area (Å²) in [6.45, 7) is 1.11. The second kappa shape index (κ2) is 9.66. The highest BCUT2D eigenvalue weighted by Crippen LogP contribution is 2.16. The zero-order chi connectivity index (χ0) is 19.8. The number of hydrogen-bond donors (Lipinski definition) is 2. The third-order valence-electron chi connectivity index (χ3n) is 4.31. The fourth-order valence-corrected chi connectivity index (χ4v) is 2.98. The molecule has 2 amide bonds. The van der Waals surface area contributed by atoms with Gasteiger partial charge in [-0.15, -0.1) is 0 Å². The minimum Gasteiger partial charge on any atom is -0.375 e. The molecular weight excluding hydrogens is 356 g/mol. The van der Waals surface area contributed by atoms with E-state index in [1.54, 1.807) is 0 Å². The molecule has 0 unspecified atom stereocenters. The molecule has 0 aliphatic carbocycles. The first-order valence-electron chi connectivity index (χ1n) is 9.18. The zero-order valence-electron chi connectivity index (χ0n) is 15.9. The second-order valence-corrected chi connectivity index (χ2v) is 6.40. The summed E-state index contributed by atoms with van der Waals surface area (Å²) in [5.74, 6) is 0.496. The van der Waals surface area contributed by atoms with Gasteiger partial charge < -0.3 is 19.9 Å². The van der Waals surface area contributed by atoms with Crippen molar-refractivity contribution in [1.82, 2.24) is 20.2 Å². The molecule has 2 N–H and O–H groups in total. The van der Waals surface area contributed by atoms with Gasteiger partial charge in [0, 0.05) is 26.6 Å². The van der Waals surface area contributed by atoms with Crippen LogP contribution in [0.1, 0.15) is 11.4 Å². The molecule has 28 heavy (non-hydrogen) atoms. The van der Waals surface area contributed by atoms with E-state index in [9.17, 15) is 9.59 Å². The van der Waals surface area contributed by atoms with Gasteiger partial charge in [-0.2, -0.15) is 0 Å². The molecule has 1 heterocycles. The second-order valence-electron chi connectivity index (χ2n) is 6.40. The maximum atomic E-state index is 12.5. The highest BCUT2D eigenvalue weighted by atomic mass is 16.5. The number of methoxy groups -OCH3 is 1. The SMILES string of the molecule is COCC(=O)NCCc1nc2ccccc2n1CC(=O)NCc1ccccc1. The predicted octanol–water partition coefficient (Wildman–Crippen LogP) is 1.66. The number of nitrogens with one attached hydrogen (secondary N) is 2. The number of amides is 2. The standard InChI is InChI=1S/C21H24N4O3/c1-28-15-21(27)22-12-11-19-24-17-9-5-6-10-18(17)25(19)14-20(26)23-13-16-7-3-2-4-8-16/h2-10H,11-15H2,1H3,(H,22,27)(H,23,26). The largest absolute Gasteiger partial charge is 0.375 e. The van der Waals surface area contributed by atoms with Gasteiger partial charge in [-0.1, -0.05) is 42.5 Å². The van der Waals surface area contributed by atoms with Crippen LogP contribution in [0.15, 0.2) is 54.6 Å². The summed E-state index contributed by atoms with van der Waals surface area (Å²) in [6.07, 6.45) is 0.524. The Morgan fingerprint density at radius 3 is 2.54 bits per heavy atom. The summed E-state index contributed by atoms with van der Waals surface area (Å²) in [7, 11) is 1.48. The van der Waals surface area contributed by atoms with Crippen molar-refractivity contribution in [3.05, 3.63) is 66.0 Å². The van der Waals surface area contributed by atoms with E-state index >= 15 is 0 Å². The molecular formula is C21H24N4O3. The lowest BCUT2D eigenvalue weighted by atomic mass is 10.2. The van der Waals surface area contributed by atoms with E-state index in [-0.39, 0.29) is 25.0 Å². The van der Waals surface area contributed by atoms with E-state index in [0.717, 1.165) is 22.4 Å². The van der Waals surface area contributed by atoms with Crippen molar-refractivity contribution in [2.24, 2.45) is 0 Å². The Balaban J connectivity index is 1.67. The molecule has 0 fully saturated rings. The van der Waals surface area contributed by atoms with Crippen molar-refractivity contribution in [2.45, 2.75) is 19.5 Å². The fraction of sp³-hybridized carbons (Fsp3) is 0.286. The molecule has 0 aliphatic rings. The van der Waals surface area contributed by atoms with Crippen molar-refractivity contribution >= 4 is 22.8 Å². The number of nitrogens with zero attached hydrogens (tertiary/aromatic N) is 2. The van der Waals surface area contributed by atoms with Crippen molar-refractivity contribution in [3.8, 4) is 0 Å². The number of hydrogen-bond acceptors (Lipinski definition) is 4. The molecule has 7 heteroatoms. The van der Waals surface area contributed by atoms with E-state index in [1.165, 1.54) is 7.11 Å². The first kappa shape index (κ1) is 19.6. The van der Waals surface area contributed by atoms with Crippen molar-refractivity contribution in [1.29, 1.82) is 0 Å². The number of para-hydroxylation sites is 2. The summed E-state index contributed by atoms with van der Waals surface area (Å²) in [6, 6.07) is 17.5. The van der Waals surface area contributed by atoms with Crippen molar-refractivity contribution in [2.75, 3.05) is 20.3 Å². The van der Waals surface area contributed by atoms with Crippen molar-refractivity contribution in [3.63, 3.8) is 0 Å². The van der Waals surface area contributed by atoms with Crippen LogP contribution in [0.4, 0.5) is 0 Å². The lowest BCUT2D eigenvalue weighted by molar-refractivity contribution is -0.124. The number of carbonyl (C=O) groups excluding carboxylic acids is 2. The maximum absolute atomic E-state index is 12.5. The lowest BCUT2D eigenvalue weighted by Gasteiger charge is -2.11. The molecule has 1 aromatic heterocycles. The Morgan fingerprint density at radius 1 is 1.00 bits per heavy atom. The number of ether oxygens (including phenoxy) is 1. The van der Waals surface area contributed by atoms with Gasteiger partial charge in [-0.25, -0.2) is 4.98 Å². The van der Waals surface area contributed by atoms with Crippen LogP contribution >= 0.6 is 0 Å². The molecule has 0 atom stereocenters. The monoisotopic (exact) mass is 380 g/mol. The quantitative estimate of drug-likeness (QED) is 0.591. The van der Waals surface area contributed by atoms with Gasteiger partial charge in [0.25, 0.3) is 0 Å². The molecule has 7 nitrogen and oxygen atoms in total. The van der Waals surface area contributed by atoms with Crippen LogP contribution in [0.2, 0.25) is 0 Å². The Hall–Kier alpha value is -3.19. The molecule has 3 rings (SSSR count). The van der Waals surface area contributed by atoms with Crippen molar-refractivity contribution < 1.29 is 14.3 Å². The number of fused-ring (bicyclic) bond motifs is 1. The number of rotatable bonds is 9. The molecule has 2 aromatic carbocycles. The Kier molecular flexibility index (Phi) is 6.75. The summed E-state index contributed by atoms with van der Waals surface area (Å²) in [5.41, 5.74) is 2.78. The van der Waals surface area contributed by atoms with Gasteiger partial charge in [-0.05, 0) is 17.7 Å². The van der Waals surface area contributed by atoms with E-state index in [4.69, 9.17) is 4.74 Å². The molecule has 0 bridgehead atoms. The fourth-order valence-electron chi connectivity index (χ4n) is 2.98. The topological polar surface area (TPSA) is 85.2 Å². The number of aromatic nitrogens is 2. The van der Waals surface area contributed by atoms with Gasteiger partial charge in [0.15, 0.2) is 0 Å². The molecule has 0 aliphatic heterocycles. The molecule has 0 radical (unpaired) electrons. The lowest BCUT2D eigenvalue weighted by Crippen LogP contribution is -2.31. The molecule has 146 valence electrons. The molecule has 0 spiro atoms. The minimum atomic E-state index is -0.175. The summed E-state index contributed by atoms with van der Waals surface area (Å²) in [4.78, 5) is 28.7. The van der Waals surface area contributed by atoms with Crippen LogP contribution in [0, 0.1) is 0 Å². The average Bonchev–Trinajstić information content (AvgIpc) is 3.05. The third kappa shape index (κ3) is 5.17. The number of imidazole rings is 1. The Bertz CT molecular complexity index is 937. The van der Waals surface area contributed by atoms with Gasteiger partial charge in [0.2, 0.25) is 11.8 Å². The smallest absolute Gasteiger partial charge is 0.245 e. The normalized spacial score (nSPS) is 10.8. The van der Waals surface area contributed by atoms with E-state index in [0.29, 0.717) is 19.5 Å². The number of benzene rings is 2. The van der Waals surface area contributed by atoms with Crippen LogP contribution in [-0.2, 0) is 33.8 Å². The van der Waals surface area contributed by atoms with Gasteiger partial charge in [0.05, 0.1) is 11.0 Å².